The third-order valence-electron chi connectivity index (χ3n) is 3.32. The van der Waals surface area contributed by atoms with Gasteiger partial charge in [-0.3, -0.25) is 16.0 Å². The molecule has 3 N–H and O–H groups in total. The molecular weight excluding hydrogens is 259 g/mol. The van der Waals surface area contributed by atoms with Crippen LogP contribution in [0.2, 0.25) is 0 Å². The van der Waals surface area contributed by atoms with Crippen LogP contribution in [-0.4, -0.2) is 16.9 Å². The van der Waals surface area contributed by atoms with E-state index in [1.54, 1.807) is 22.9 Å². The van der Waals surface area contributed by atoms with Crippen molar-refractivity contribution >= 4 is 0 Å². The lowest BCUT2D eigenvalue weighted by molar-refractivity contribution is 0.382. The van der Waals surface area contributed by atoms with Crippen LogP contribution in [0.3, 0.4) is 0 Å². The number of nitrogens with one attached hydrogen (secondary N) is 1. The van der Waals surface area contributed by atoms with Crippen LogP contribution in [0, 0.1) is 12.7 Å². The highest BCUT2D eigenvalue weighted by molar-refractivity contribution is 5.33. The first-order valence-electron chi connectivity index (χ1n) is 6.34. The SMILES string of the molecule is COc1cccc(CC(NN)c2cn(C)nc2C)c1F. The van der Waals surface area contributed by atoms with Gasteiger partial charge in [-0.1, -0.05) is 12.1 Å². The van der Waals surface area contributed by atoms with E-state index < -0.39 is 0 Å². The maximum atomic E-state index is 14.2. The maximum absolute atomic E-state index is 14.2. The average molecular weight is 278 g/mol. The number of hydrogen-bond acceptors (Lipinski definition) is 4. The molecule has 1 atom stereocenters. The van der Waals surface area contributed by atoms with Gasteiger partial charge in [0.2, 0.25) is 0 Å². The minimum Gasteiger partial charge on any atom is -0.494 e. The van der Waals surface area contributed by atoms with E-state index in [2.05, 4.69) is 10.5 Å². The van der Waals surface area contributed by atoms with Gasteiger partial charge in [0, 0.05) is 18.8 Å². The second-order valence-corrected chi connectivity index (χ2v) is 4.70. The zero-order valence-electron chi connectivity index (χ0n) is 11.9. The Labute approximate surface area is 117 Å². The first kappa shape index (κ1) is 14.5. The van der Waals surface area contributed by atoms with Crippen molar-refractivity contribution in [2.45, 2.75) is 19.4 Å². The van der Waals surface area contributed by atoms with Crippen LogP contribution in [0.5, 0.6) is 5.75 Å². The van der Waals surface area contributed by atoms with Crippen molar-refractivity contribution in [1.82, 2.24) is 15.2 Å². The summed E-state index contributed by atoms with van der Waals surface area (Å²) in [6, 6.07) is 4.89. The monoisotopic (exact) mass is 278 g/mol. The summed E-state index contributed by atoms with van der Waals surface area (Å²) in [4.78, 5) is 0. The van der Waals surface area contributed by atoms with Crippen molar-refractivity contribution in [2.24, 2.45) is 12.9 Å². The van der Waals surface area contributed by atoms with E-state index >= 15 is 0 Å². The molecule has 1 aromatic carbocycles. The molecule has 0 aliphatic rings. The number of hydrogen-bond donors (Lipinski definition) is 2. The second kappa shape index (κ2) is 6.02. The number of hydrazine groups is 1. The van der Waals surface area contributed by atoms with Gasteiger partial charge in [-0.05, 0) is 25.0 Å². The standard InChI is InChI=1S/C14H19FN4O/c1-9-11(8-19(2)18-9)12(17-16)7-10-5-4-6-13(20-3)14(10)15/h4-6,8,12,17H,7,16H2,1-3H3. The number of nitrogens with zero attached hydrogens (tertiary/aromatic N) is 2. The van der Waals surface area contributed by atoms with Crippen LogP contribution in [0.15, 0.2) is 24.4 Å². The van der Waals surface area contributed by atoms with Crippen LogP contribution in [0.25, 0.3) is 0 Å². The van der Waals surface area contributed by atoms with Gasteiger partial charge in [-0.25, -0.2) is 4.39 Å². The lowest BCUT2D eigenvalue weighted by atomic mass is 9.99. The highest BCUT2D eigenvalue weighted by Crippen LogP contribution is 2.25. The fraction of sp³-hybridized carbons (Fsp3) is 0.357. The van der Waals surface area contributed by atoms with Gasteiger partial charge in [-0.15, -0.1) is 0 Å². The Hall–Kier alpha value is -1.92. The van der Waals surface area contributed by atoms with Crippen molar-refractivity contribution < 1.29 is 9.13 Å². The van der Waals surface area contributed by atoms with Crippen molar-refractivity contribution in [3.05, 3.63) is 47.0 Å². The summed E-state index contributed by atoms with van der Waals surface area (Å²) in [6.45, 7) is 1.90. The smallest absolute Gasteiger partial charge is 0.168 e. The number of aryl methyl sites for hydroxylation is 2. The summed E-state index contributed by atoms with van der Waals surface area (Å²) in [5.74, 6) is 5.50. The van der Waals surface area contributed by atoms with Crippen LogP contribution >= 0.6 is 0 Å². The van der Waals surface area contributed by atoms with Gasteiger partial charge in [-0.2, -0.15) is 5.10 Å². The molecule has 0 spiro atoms. The Morgan fingerprint density at radius 1 is 1.50 bits per heavy atom. The van der Waals surface area contributed by atoms with Crippen molar-refractivity contribution in [1.29, 1.82) is 0 Å². The van der Waals surface area contributed by atoms with E-state index in [0.29, 0.717) is 12.0 Å². The van der Waals surface area contributed by atoms with E-state index in [-0.39, 0.29) is 17.6 Å². The van der Waals surface area contributed by atoms with E-state index in [9.17, 15) is 4.39 Å². The molecule has 0 fully saturated rings. The summed E-state index contributed by atoms with van der Waals surface area (Å²) in [5.41, 5.74) is 5.11. The minimum absolute atomic E-state index is 0.203. The molecule has 2 aromatic rings. The van der Waals surface area contributed by atoms with Gasteiger partial charge in [0.1, 0.15) is 0 Å². The Bertz CT molecular complexity index is 597. The van der Waals surface area contributed by atoms with Gasteiger partial charge in [0.05, 0.1) is 18.8 Å². The largest absolute Gasteiger partial charge is 0.494 e. The second-order valence-electron chi connectivity index (χ2n) is 4.70. The molecule has 0 saturated heterocycles. The fourth-order valence-electron chi connectivity index (χ4n) is 2.31. The molecule has 20 heavy (non-hydrogen) atoms. The molecule has 1 aromatic heterocycles. The van der Waals surface area contributed by atoms with E-state index in [4.69, 9.17) is 10.6 Å². The van der Waals surface area contributed by atoms with Gasteiger partial charge in [0.25, 0.3) is 0 Å². The first-order chi connectivity index (χ1) is 9.56. The highest BCUT2D eigenvalue weighted by Gasteiger charge is 2.18. The lowest BCUT2D eigenvalue weighted by Crippen LogP contribution is -2.30. The summed E-state index contributed by atoms with van der Waals surface area (Å²) in [6.07, 6.45) is 2.31. The number of aromatic nitrogens is 2. The average Bonchev–Trinajstić information content (AvgIpc) is 2.76. The molecule has 108 valence electrons. The Morgan fingerprint density at radius 3 is 2.80 bits per heavy atom. The van der Waals surface area contributed by atoms with Crippen LogP contribution < -0.4 is 16.0 Å². The Morgan fingerprint density at radius 2 is 2.25 bits per heavy atom. The number of halogens is 1. The van der Waals surface area contributed by atoms with Crippen molar-refractivity contribution in [3.8, 4) is 5.75 Å². The molecule has 2 rings (SSSR count). The minimum atomic E-state index is -0.350. The number of nitrogens with two attached hydrogens (primary N) is 1. The number of benzene rings is 1. The maximum Gasteiger partial charge on any atom is 0.168 e. The normalized spacial score (nSPS) is 12.4. The topological polar surface area (TPSA) is 65.1 Å². The zero-order chi connectivity index (χ0) is 14.7. The molecular formula is C14H19FN4O. The third-order valence-corrected chi connectivity index (χ3v) is 3.32. The molecule has 1 heterocycles. The summed E-state index contributed by atoms with van der Waals surface area (Å²) in [7, 11) is 3.29. The molecule has 1 unspecified atom stereocenters. The Kier molecular flexibility index (Phi) is 4.36. The molecule has 0 aliphatic carbocycles. The van der Waals surface area contributed by atoms with Crippen molar-refractivity contribution in [3.63, 3.8) is 0 Å². The number of ether oxygens (including phenoxy) is 1. The van der Waals surface area contributed by atoms with Gasteiger partial charge >= 0.3 is 0 Å². The van der Waals surface area contributed by atoms with Crippen molar-refractivity contribution in [2.75, 3.05) is 7.11 Å². The molecule has 6 heteroatoms. The molecule has 0 aliphatic heterocycles. The highest BCUT2D eigenvalue weighted by atomic mass is 19.1. The van der Waals surface area contributed by atoms with Crippen LogP contribution in [0.1, 0.15) is 22.9 Å². The predicted octanol–water partition coefficient (Wildman–Crippen LogP) is 1.62. The molecule has 5 nitrogen and oxygen atoms in total. The summed E-state index contributed by atoms with van der Waals surface area (Å²) < 4.78 is 20.9. The van der Waals surface area contributed by atoms with Gasteiger partial charge < -0.3 is 4.74 Å². The lowest BCUT2D eigenvalue weighted by Gasteiger charge is -2.16. The Balaban J connectivity index is 2.29. The zero-order valence-corrected chi connectivity index (χ0v) is 11.9. The third kappa shape index (κ3) is 2.81. The molecule has 0 bridgehead atoms. The predicted molar refractivity (Wildman–Crippen MR) is 74.7 cm³/mol. The first-order valence-corrected chi connectivity index (χ1v) is 6.34. The number of rotatable bonds is 5. The van der Waals surface area contributed by atoms with E-state index in [1.807, 2.05) is 20.2 Å². The van der Waals surface area contributed by atoms with E-state index in [1.165, 1.54) is 7.11 Å². The summed E-state index contributed by atoms with van der Waals surface area (Å²) in [5, 5.41) is 4.28. The van der Waals surface area contributed by atoms with Crippen LogP contribution in [-0.2, 0) is 13.5 Å². The van der Waals surface area contributed by atoms with Crippen LogP contribution in [0.4, 0.5) is 4.39 Å². The quantitative estimate of drug-likeness (QED) is 0.644. The number of methoxy groups -OCH3 is 1. The molecule has 0 saturated carbocycles. The van der Waals surface area contributed by atoms with E-state index in [0.717, 1.165) is 11.3 Å². The summed E-state index contributed by atoms with van der Waals surface area (Å²) >= 11 is 0. The van der Waals surface area contributed by atoms with Gasteiger partial charge in [0.15, 0.2) is 11.6 Å². The molecule has 0 radical (unpaired) electrons. The fourth-order valence-corrected chi connectivity index (χ4v) is 2.31. The molecule has 0 amide bonds.